The maximum Gasteiger partial charge on any atom is 0.0360 e. The van der Waals surface area contributed by atoms with Crippen molar-refractivity contribution in [1.82, 2.24) is 9.88 Å². The maximum atomic E-state index is 6.13. The first-order chi connectivity index (χ1) is 8.73. The van der Waals surface area contributed by atoms with Crippen molar-refractivity contribution in [3.8, 4) is 0 Å². The lowest BCUT2D eigenvalue weighted by molar-refractivity contribution is 0.0746. The van der Waals surface area contributed by atoms with Crippen molar-refractivity contribution >= 4 is 0 Å². The quantitative estimate of drug-likeness (QED) is 0.869. The highest BCUT2D eigenvalue weighted by Crippen LogP contribution is 2.41. The van der Waals surface area contributed by atoms with Crippen molar-refractivity contribution in [3.05, 3.63) is 30.1 Å². The van der Waals surface area contributed by atoms with E-state index in [0.717, 1.165) is 19.0 Å². The molecule has 1 saturated carbocycles. The van der Waals surface area contributed by atoms with Crippen molar-refractivity contribution in [2.24, 2.45) is 11.7 Å². The largest absolute Gasteiger partial charge is 0.329 e. The van der Waals surface area contributed by atoms with E-state index in [0.29, 0.717) is 0 Å². The zero-order valence-electron chi connectivity index (χ0n) is 11.6. The van der Waals surface area contributed by atoms with Gasteiger partial charge in [0.2, 0.25) is 0 Å². The van der Waals surface area contributed by atoms with Crippen LogP contribution in [0.4, 0.5) is 0 Å². The van der Waals surface area contributed by atoms with Gasteiger partial charge in [0.25, 0.3) is 0 Å². The molecule has 0 saturated heterocycles. The zero-order chi connectivity index (χ0) is 13.0. The summed E-state index contributed by atoms with van der Waals surface area (Å²) < 4.78 is 0. The van der Waals surface area contributed by atoms with E-state index >= 15 is 0 Å². The molecule has 0 aliphatic heterocycles. The van der Waals surface area contributed by atoms with E-state index in [1.54, 1.807) is 0 Å². The summed E-state index contributed by atoms with van der Waals surface area (Å²) in [7, 11) is 2.22. The Kier molecular flexibility index (Phi) is 4.36. The first-order valence-electron chi connectivity index (χ1n) is 7.03. The van der Waals surface area contributed by atoms with Crippen molar-refractivity contribution in [1.29, 1.82) is 0 Å². The Balaban J connectivity index is 2.12. The van der Waals surface area contributed by atoms with Crippen molar-refractivity contribution in [3.63, 3.8) is 0 Å². The lowest BCUT2D eigenvalue weighted by Crippen LogP contribution is -2.54. The van der Waals surface area contributed by atoms with E-state index < -0.39 is 0 Å². The molecule has 0 bridgehead atoms. The molecule has 2 rings (SSSR count). The SMILES string of the molecule is CCC1CCCC1(CN)N(C)Cc1cccnc1. The molecule has 18 heavy (non-hydrogen) atoms. The number of nitrogens with zero attached hydrogens (tertiary/aromatic N) is 2. The number of hydrogen-bond donors (Lipinski definition) is 1. The van der Waals surface area contributed by atoms with Gasteiger partial charge >= 0.3 is 0 Å². The fourth-order valence-electron chi connectivity index (χ4n) is 3.56. The van der Waals surface area contributed by atoms with Crippen LogP contribution in [-0.4, -0.2) is 29.0 Å². The second kappa shape index (κ2) is 5.81. The molecule has 1 aliphatic carbocycles. The summed E-state index contributed by atoms with van der Waals surface area (Å²) in [4.78, 5) is 6.66. The number of pyridine rings is 1. The zero-order valence-corrected chi connectivity index (χ0v) is 11.6. The Morgan fingerprint density at radius 3 is 3.00 bits per heavy atom. The molecule has 100 valence electrons. The second-order valence-electron chi connectivity index (χ2n) is 5.52. The van der Waals surface area contributed by atoms with Gasteiger partial charge in [0.1, 0.15) is 0 Å². The molecule has 1 fully saturated rings. The van der Waals surface area contributed by atoms with E-state index in [1.807, 2.05) is 18.5 Å². The summed E-state index contributed by atoms with van der Waals surface area (Å²) in [5.74, 6) is 0.740. The van der Waals surface area contributed by atoms with E-state index in [4.69, 9.17) is 5.73 Å². The predicted molar refractivity (Wildman–Crippen MR) is 75.1 cm³/mol. The first kappa shape index (κ1) is 13.5. The van der Waals surface area contributed by atoms with E-state index in [-0.39, 0.29) is 5.54 Å². The third-order valence-electron chi connectivity index (χ3n) is 4.67. The highest BCUT2D eigenvalue weighted by Gasteiger charge is 2.43. The van der Waals surface area contributed by atoms with Crippen molar-refractivity contribution in [2.75, 3.05) is 13.6 Å². The summed E-state index contributed by atoms with van der Waals surface area (Å²) >= 11 is 0. The third-order valence-corrected chi connectivity index (χ3v) is 4.67. The molecule has 3 heteroatoms. The van der Waals surface area contributed by atoms with E-state index in [1.165, 1.54) is 31.2 Å². The molecule has 0 aromatic carbocycles. The Bertz CT molecular complexity index is 365. The molecule has 3 nitrogen and oxygen atoms in total. The van der Waals surface area contributed by atoms with Gasteiger partial charge in [-0.25, -0.2) is 0 Å². The maximum absolute atomic E-state index is 6.13. The van der Waals surface area contributed by atoms with Crippen LogP contribution in [0.25, 0.3) is 0 Å². The molecule has 0 radical (unpaired) electrons. The van der Waals surface area contributed by atoms with Crippen LogP contribution in [-0.2, 0) is 6.54 Å². The van der Waals surface area contributed by atoms with Crippen molar-refractivity contribution < 1.29 is 0 Å². The van der Waals surface area contributed by atoms with Gasteiger partial charge in [-0.1, -0.05) is 25.8 Å². The molecule has 1 aromatic rings. The van der Waals surface area contributed by atoms with Gasteiger partial charge in [-0.15, -0.1) is 0 Å². The Hall–Kier alpha value is -0.930. The van der Waals surface area contributed by atoms with Crippen LogP contribution >= 0.6 is 0 Å². The van der Waals surface area contributed by atoms with Crippen LogP contribution in [0.5, 0.6) is 0 Å². The number of hydrogen-bond acceptors (Lipinski definition) is 3. The van der Waals surface area contributed by atoms with Gasteiger partial charge < -0.3 is 5.73 Å². The van der Waals surface area contributed by atoms with Gasteiger partial charge in [-0.05, 0) is 37.4 Å². The molecule has 2 unspecified atom stereocenters. The topological polar surface area (TPSA) is 42.1 Å². The molecule has 0 amide bonds. The van der Waals surface area contributed by atoms with E-state index in [2.05, 4.69) is 29.9 Å². The molecule has 2 N–H and O–H groups in total. The van der Waals surface area contributed by atoms with Gasteiger partial charge in [-0.2, -0.15) is 0 Å². The summed E-state index contributed by atoms with van der Waals surface area (Å²) in [5.41, 5.74) is 7.60. The molecule has 0 spiro atoms. The fraction of sp³-hybridized carbons (Fsp3) is 0.667. The van der Waals surface area contributed by atoms with Crippen molar-refractivity contribution in [2.45, 2.75) is 44.7 Å². The summed E-state index contributed by atoms with van der Waals surface area (Å²) in [6, 6.07) is 4.15. The second-order valence-corrected chi connectivity index (χ2v) is 5.52. The molecular formula is C15H25N3. The average molecular weight is 247 g/mol. The normalized spacial score (nSPS) is 27.9. The highest BCUT2D eigenvalue weighted by atomic mass is 15.2. The van der Waals surface area contributed by atoms with Gasteiger partial charge in [0.05, 0.1) is 0 Å². The summed E-state index contributed by atoms with van der Waals surface area (Å²) in [6.45, 7) is 4.00. The molecule has 1 heterocycles. The number of nitrogens with two attached hydrogens (primary N) is 1. The minimum Gasteiger partial charge on any atom is -0.329 e. The predicted octanol–water partition coefficient (Wildman–Crippen LogP) is 2.42. The molecular weight excluding hydrogens is 222 g/mol. The van der Waals surface area contributed by atoms with Crippen LogP contribution in [0.2, 0.25) is 0 Å². The third kappa shape index (κ3) is 2.43. The van der Waals surface area contributed by atoms with Crippen LogP contribution in [0, 0.1) is 5.92 Å². The Labute approximate surface area is 110 Å². The van der Waals surface area contributed by atoms with Crippen LogP contribution < -0.4 is 5.73 Å². The Morgan fingerprint density at radius 1 is 1.56 bits per heavy atom. The van der Waals surface area contributed by atoms with Gasteiger partial charge in [-0.3, -0.25) is 9.88 Å². The minimum absolute atomic E-state index is 0.199. The summed E-state index contributed by atoms with van der Waals surface area (Å²) in [6.07, 6.45) is 8.88. The first-order valence-corrected chi connectivity index (χ1v) is 7.03. The van der Waals surface area contributed by atoms with Gasteiger partial charge in [0, 0.05) is 31.0 Å². The molecule has 2 atom stereocenters. The monoisotopic (exact) mass is 247 g/mol. The number of aromatic nitrogens is 1. The fourth-order valence-corrected chi connectivity index (χ4v) is 3.56. The average Bonchev–Trinajstić information content (AvgIpc) is 2.84. The summed E-state index contributed by atoms with van der Waals surface area (Å²) in [5, 5.41) is 0. The van der Waals surface area contributed by atoms with Gasteiger partial charge in [0.15, 0.2) is 0 Å². The van der Waals surface area contributed by atoms with Crippen LogP contribution in [0.1, 0.15) is 38.2 Å². The lowest BCUT2D eigenvalue weighted by Gasteiger charge is -2.43. The smallest absolute Gasteiger partial charge is 0.0360 e. The van der Waals surface area contributed by atoms with E-state index in [9.17, 15) is 0 Å². The lowest BCUT2D eigenvalue weighted by atomic mass is 9.83. The van der Waals surface area contributed by atoms with Crippen LogP contribution in [0.3, 0.4) is 0 Å². The standard InChI is InChI=1S/C15H25N3/c1-3-14-7-4-8-15(14,12-16)18(2)11-13-6-5-9-17-10-13/h5-6,9-10,14H,3-4,7-8,11-12,16H2,1-2H3. The molecule has 1 aliphatic rings. The number of likely N-dealkylation sites (N-methyl/N-ethyl adjacent to an activating group) is 1. The highest BCUT2D eigenvalue weighted by molar-refractivity contribution is 5.10. The minimum atomic E-state index is 0.199. The molecule has 1 aromatic heterocycles. The number of rotatable bonds is 5. The Morgan fingerprint density at radius 2 is 2.39 bits per heavy atom. The van der Waals surface area contributed by atoms with Crippen LogP contribution in [0.15, 0.2) is 24.5 Å².